The molecule has 6 heteroatoms. The predicted octanol–water partition coefficient (Wildman–Crippen LogP) is 5.17. The molecular formula is C23H22BrN3O2. The molecule has 0 unspecified atom stereocenters. The number of hydrogen-bond donors (Lipinski definition) is 2. The first-order valence-corrected chi connectivity index (χ1v) is 10.1. The minimum absolute atomic E-state index is 0.0818. The van der Waals surface area contributed by atoms with E-state index >= 15 is 0 Å². The highest BCUT2D eigenvalue weighted by molar-refractivity contribution is 9.10. The Balaban J connectivity index is 1.63. The van der Waals surface area contributed by atoms with Crippen molar-refractivity contribution in [2.75, 3.05) is 28.6 Å². The van der Waals surface area contributed by atoms with Gasteiger partial charge in [0.05, 0.1) is 6.54 Å². The predicted molar refractivity (Wildman–Crippen MR) is 121 cm³/mol. The summed E-state index contributed by atoms with van der Waals surface area (Å²) in [5.41, 5.74) is 2.86. The number of nitrogens with one attached hydrogen (secondary N) is 2. The molecule has 0 saturated heterocycles. The number of nitrogens with zero attached hydrogens (tertiary/aromatic N) is 1. The molecule has 0 fully saturated rings. The van der Waals surface area contributed by atoms with Gasteiger partial charge in [0.15, 0.2) is 0 Å². The lowest BCUT2D eigenvalue weighted by Crippen LogP contribution is -2.30. The van der Waals surface area contributed by atoms with Crippen LogP contribution in [0.2, 0.25) is 0 Å². The summed E-state index contributed by atoms with van der Waals surface area (Å²) in [4.78, 5) is 26.8. The van der Waals surface area contributed by atoms with E-state index < -0.39 is 0 Å². The van der Waals surface area contributed by atoms with Crippen molar-refractivity contribution in [1.29, 1.82) is 0 Å². The van der Waals surface area contributed by atoms with Gasteiger partial charge >= 0.3 is 0 Å². The van der Waals surface area contributed by atoms with Crippen LogP contribution in [0.5, 0.6) is 0 Å². The Kier molecular flexibility index (Phi) is 7.03. The number of carbonyl (C=O) groups is 2. The van der Waals surface area contributed by atoms with Gasteiger partial charge in [-0.1, -0.05) is 40.2 Å². The lowest BCUT2D eigenvalue weighted by Gasteiger charge is -2.21. The molecular weight excluding hydrogens is 430 g/mol. The second-order valence-electron chi connectivity index (χ2n) is 6.37. The highest BCUT2D eigenvalue weighted by Gasteiger charge is 2.16. The summed E-state index contributed by atoms with van der Waals surface area (Å²) in [6.45, 7) is 2.61. The van der Waals surface area contributed by atoms with Crippen molar-refractivity contribution in [3.63, 3.8) is 0 Å². The van der Waals surface area contributed by atoms with Gasteiger partial charge in [-0.15, -0.1) is 0 Å². The van der Waals surface area contributed by atoms with Crippen LogP contribution in [0.4, 0.5) is 17.1 Å². The summed E-state index contributed by atoms with van der Waals surface area (Å²) in [6, 6.07) is 24.1. The molecule has 3 rings (SSSR count). The van der Waals surface area contributed by atoms with E-state index in [1.165, 1.54) is 0 Å². The summed E-state index contributed by atoms with van der Waals surface area (Å²) in [6.07, 6.45) is 0. The van der Waals surface area contributed by atoms with E-state index in [9.17, 15) is 9.59 Å². The van der Waals surface area contributed by atoms with Gasteiger partial charge in [0.1, 0.15) is 0 Å². The molecule has 0 aliphatic rings. The summed E-state index contributed by atoms with van der Waals surface area (Å²) in [5.74, 6) is -0.245. The number of amides is 2. The lowest BCUT2D eigenvalue weighted by atomic mass is 10.1. The van der Waals surface area contributed by atoms with Crippen molar-refractivity contribution in [3.05, 3.63) is 88.9 Å². The largest absolute Gasteiger partial charge is 0.376 e. The number of benzene rings is 3. The number of carbonyl (C=O) groups excluding carboxylic acids is 2. The molecule has 2 amide bonds. The number of para-hydroxylation sites is 1. The van der Waals surface area contributed by atoms with Crippen LogP contribution in [0, 0.1) is 0 Å². The van der Waals surface area contributed by atoms with Crippen molar-refractivity contribution in [1.82, 2.24) is 0 Å². The third-order valence-corrected chi connectivity index (χ3v) is 4.85. The SMILES string of the molecule is CCN(C(=O)c1cccc(NCC(=O)Nc2ccc(Br)cc2)c1)c1ccccc1. The molecule has 3 aromatic rings. The average molecular weight is 452 g/mol. The van der Waals surface area contributed by atoms with E-state index in [0.717, 1.165) is 15.8 Å². The Morgan fingerprint density at radius 2 is 1.62 bits per heavy atom. The monoisotopic (exact) mass is 451 g/mol. The van der Waals surface area contributed by atoms with Crippen molar-refractivity contribution in [2.24, 2.45) is 0 Å². The van der Waals surface area contributed by atoms with Gasteiger partial charge in [-0.3, -0.25) is 9.59 Å². The molecule has 3 aromatic carbocycles. The fourth-order valence-corrected chi connectivity index (χ4v) is 3.15. The lowest BCUT2D eigenvalue weighted by molar-refractivity contribution is -0.114. The molecule has 0 heterocycles. The summed E-state index contributed by atoms with van der Waals surface area (Å²) < 4.78 is 0.951. The molecule has 0 spiro atoms. The Labute approximate surface area is 178 Å². The molecule has 0 aromatic heterocycles. The van der Waals surface area contributed by atoms with Crippen LogP contribution in [-0.2, 0) is 4.79 Å². The topological polar surface area (TPSA) is 61.4 Å². The minimum Gasteiger partial charge on any atom is -0.376 e. The molecule has 29 heavy (non-hydrogen) atoms. The zero-order chi connectivity index (χ0) is 20.6. The summed E-state index contributed by atoms with van der Waals surface area (Å²) in [7, 11) is 0. The minimum atomic E-state index is -0.163. The van der Waals surface area contributed by atoms with E-state index in [1.54, 1.807) is 23.1 Å². The Morgan fingerprint density at radius 1 is 0.897 bits per heavy atom. The fourth-order valence-electron chi connectivity index (χ4n) is 2.89. The van der Waals surface area contributed by atoms with E-state index in [0.29, 0.717) is 17.8 Å². The summed E-state index contributed by atoms with van der Waals surface area (Å²) in [5, 5.41) is 5.90. The van der Waals surface area contributed by atoms with Crippen molar-refractivity contribution in [3.8, 4) is 0 Å². The van der Waals surface area contributed by atoms with E-state index in [-0.39, 0.29) is 18.4 Å². The van der Waals surface area contributed by atoms with Crippen LogP contribution in [0.25, 0.3) is 0 Å². The average Bonchev–Trinajstić information content (AvgIpc) is 2.75. The Bertz CT molecular complexity index is 975. The van der Waals surface area contributed by atoms with Crippen LogP contribution in [0.15, 0.2) is 83.3 Å². The number of hydrogen-bond acceptors (Lipinski definition) is 3. The summed E-state index contributed by atoms with van der Waals surface area (Å²) >= 11 is 3.37. The highest BCUT2D eigenvalue weighted by Crippen LogP contribution is 2.19. The van der Waals surface area contributed by atoms with Crippen LogP contribution in [0.3, 0.4) is 0 Å². The molecule has 0 aliphatic carbocycles. The first-order valence-electron chi connectivity index (χ1n) is 9.33. The Morgan fingerprint density at radius 3 is 2.31 bits per heavy atom. The Hall–Kier alpha value is -3.12. The highest BCUT2D eigenvalue weighted by atomic mass is 79.9. The number of anilines is 3. The van der Waals surface area contributed by atoms with Gasteiger partial charge in [0, 0.05) is 33.6 Å². The quantitative estimate of drug-likeness (QED) is 0.520. The van der Waals surface area contributed by atoms with Crippen LogP contribution >= 0.6 is 15.9 Å². The molecule has 0 atom stereocenters. The molecule has 0 radical (unpaired) electrons. The van der Waals surface area contributed by atoms with E-state index in [1.807, 2.05) is 67.6 Å². The van der Waals surface area contributed by atoms with Crippen LogP contribution in [-0.4, -0.2) is 24.9 Å². The third-order valence-electron chi connectivity index (χ3n) is 4.32. The molecule has 148 valence electrons. The fraction of sp³-hybridized carbons (Fsp3) is 0.130. The second-order valence-corrected chi connectivity index (χ2v) is 7.29. The van der Waals surface area contributed by atoms with Gasteiger partial charge in [-0.05, 0) is 61.5 Å². The van der Waals surface area contributed by atoms with E-state index in [4.69, 9.17) is 0 Å². The zero-order valence-corrected chi connectivity index (χ0v) is 17.6. The standard InChI is InChI=1S/C23H22BrN3O2/c1-2-27(21-9-4-3-5-10-21)23(29)17-7-6-8-20(15-17)25-16-22(28)26-19-13-11-18(24)12-14-19/h3-15,25H,2,16H2,1H3,(H,26,28). The maximum atomic E-state index is 13.0. The smallest absolute Gasteiger partial charge is 0.258 e. The molecule has 5 nitrogen and oxygen atoms in total. The molecule has 0 aliphatic heterocycles. The van der Waals surface area contributed by atoms with Gasteiger partial charge in [0.2, 0.25) is 5.91 Å². The first-order chi connectivity index (χ1) is 14.1. The van der Waals surface area contributed by atoms with Crippen LogP contribution < -0.4 is 15.5 Å². The maximum absolute atomic E-state index is 13.0. The number of rotatable bonds is 7. The molecule has 2 N–H and O–H groups in total. The first kappa shape index (κ1) is 20.6. The van der Waals surface area contributed by atoms with Crippen molar-refractivity contribution in [2.45, 2.75) is 6.92 Å². The second kappa shape index (κ2) is 9.89. The zero-order valence-electron chi connectivity index (χ0n) is 16.1. The van der Waals surface area contributed by atoms with Gasteiger partial charge < -0.3 is 15.5 Å². The molecule has 0 saturated carbocycles. The van der Waals surface area contributed by atoms with Crippen molar-refractivity contribution < 1.29 is 9.59 Å². The molecule has 0 bridgehead atoms. The van der Waals surface area contributed by atoms with Gasteiger partial charge in [-0.25, -0.2) is 0 Å². The van der Waals surface area contributed by atoms with Crippen LogP contribution in [0.1, 0.15) is 17.3 Å². The normalized spacial score (nSPS) is 10.3. The maximum Gasteiger partial charge on any atom is 0.258 e. The van der Waals surface area contributed by atoms with Crippen molar-refractivity contribution >= 4 is 44.8 Å². The third kappa shape index (κ3) is 5.68. The van der Waals surface area contributed by atoms with Gasteiger partial charge in [-0.2, -0.15) is 0 Å². The van der Waals surface area contributed by atoms with E-state index in [2.05, 4.69) is 26.6 Å². The van der Waals surface area contributed by atoms with Gasteiger partial charge in [0.25, 0.3) is 5.91 Å². The number of halogens is 1.